The predicted octanol–water partition coefficient (Wildman–Crippen LogP) is 1.73. The number of ether oxygens (including phenoxy) is 1. The van der Waals surface area contributed by atoms with Crippen molar-refractivity contribution in [1.82, 2.24) is 10.2 Å². The van der Waals surface area contributed by atoms with Gasteiger partial charge in [-0.2, -0.15) is 0 Å². The highest BCUT2D eigenvalue weighted by Gasteiger charge is 2.27. The number of aliphatic hydroxyl groups is 1. The van der Waals surface area contributed by atoms with E-state index in [9.17, 15) is 9.90 Å². The van der Waals surface area contributed by atoms with Gasteiger partial charge in [-0.25, -0.2) is 0 Å². The summed E-state index contributed by atoms with van der Waals surface area (Å²) in [5.74, 6) is 0.353. The van der Waals surface area contributed by atoms with Crippen LogP contribution < -0.4 is 5.32 Å². The van der Waals surface area contributed by atoms with Crippen LogP contribution in [0, 0.1) is 5.92 Å². The lowest BCUT2D eigenvalue weighted by Crippen LogP contribution is -2.43. The van der Waals surface area contributed by atoms with Crippen LogP contribution in [-0.4, -0.2) is 54.8 Å². The van der Waals surface area contributed by atoms with E-state index in [0.29, 0.717) is 13.1 Å². The molecule has 5 heteroatoms. The number of nitrogens with zero attached hydrogens (tertiary/aromatic N) is 1. The molecule has 1 amide bonds. The van der Waals surface area contributed by atoms with Crippen LogP contribution in [0.15, 0.2) is 30.3 Å². The van der Waals surface area contributed by atoms with Crippen molar-refractivity contribution < 1.29 is 14.6 Å². The van der Waals surface area contributed by atoms with Crippen LogP contribution in [0.2, 0.25) is 0 Å². The lowest BCUT2D eigenvalue weighted by molar-refractivity contribution is -0.123. The van der Waals surface area contributed by atoms with E-state index in [-0.39, 0.29) is 17.9 Å². The second kappa shape index (κ2) is 8.60. The number of hydrogen-bond donors (Lipinski definition) is 2. The lowest BCUT2D eigenvalue weighted by Gasteiger charge is -2.34. The van der Waals surface area contributed by atoms with Crippen molar-refractivity contribution in [3.63, 3.8) is 0 Å². The van der Waals surface area contributed by atoms with E-state index in [4.69, 9.17) is 4.74 Å². The largest absolute Gasteiger partial charge is 0.388 e. The van der Waals surface area contributed by atoms with Crippen molar-refractivity contribution in [3.05, 3.63) is 35.9 Å². The van der Waals surface area contributed by atoms with Gasteiger partial charge in [0.05, 0.1) is 18.8 Å². The molecule has 24 heavy (non-hydrogen) atoms. The van der Waals surface area contributed by atoms with Gasteiger partial charge in [0.15, 0.2) is 0 Å². The van der Waals surface area contributed by atoms with Gasteiger partial charge in [-0.15, -0.1) is 0 Å². The summed E-state index contributed by atoms with van der Waals surface area (Å²) >= 11 is 0. The second-order valence-corrected chi connectivity index (χ2v) is 6.91. The zero-order valence-electron chi connectivity index (χ0n) is 14.2. The lowest BCUT2D eigenvalue weighted by atomic mass is 9.87. The summed E-state index contributed by atoms with van der Waals surface area (Å²) in [6.07, 6.45) is 3.78. The van der Waals surface area contributed by atoms with E-state index in [1.165, 1.54) is 0 Å². The molecule has 2 atom stereocenters. The second-order valence-electron chi connectivity index (χ2n) is 6.91. The molecular weight excluding hydrogens is 304 g/mol. The standard InChI is InChI=1S/C19H28N2O3/c22-18(20-13-17-7-4-12-24-17)14-21-10-8-16(9-11-21)19(23)15-5-2-1-3-6-15/h1-3,5-6,16-17,19,23H,4,7-14H2,(H,20,22). The highest BCUT2D eigenvalue weighted by atomic mass is 16.5. The summed E-state index contributed by atoms with van der Waals surface area (Å²) < 4.78 is 5.52. The van der Waals surface area contributed by atoms with Crippen LogP contribution in [0.4, 0.5) is 0 Å². The number of piperidine rings is 1. The number of amides is 1. The molecule has 0 aromatic heterocycles. The monoisotopic (exact) mass is 332 g/mol. The smallest absolute Gasteiger partial charge is 0.234 e. The minimum atomic E-state index is -0.401. The van der Waals surface area contributed by atoms with E-state index >= 15 is 0 Å². The third kappa shape index (κ3) is 4.79. The summed E-state index contributed by atoms with van der Waals surface area (Å²) in [5, 5.41) is 13.5. The van der Waals surface area contributed by atoms with Crippen LogP contribution in [0.25, 0.3) is 0 Å². The van der Waals surface area contributed by atoms with Crippen molar-refractivity contribution in [1.29, 1.82) is 0 Å². The van der Waals surface area contributed by atoms with Gasteiger partial charge in [0, 0.05) is 13.2 Å². The van der Waals surface area contributed by atoms with Gasteiger partial charge in [-0.05, 0) is 50.3 Å². The Hall–Kier alpha value is -1.43. The fraction of sp³-hybridized carbons (Fsp3) is 0.632. The first-order valence-electron chi connectivity index (χ1n) is 9.06. The summed E-state index contributed by atoms with van der Waals surface area (Å²) in [6, 6.07) is 9.86. The van der Waals surface area contributed by atoms with Gasteiger partial charge in [0.1, 0.15) is 0 Å². The number of carbonyl (C=O) groups is 1. The average molecular weight is 332 g/mol. The summed E-state index contributed by atoms with van der Waals surface area (Å²) in [5.41, 5.74) is 0.991. The van der Waals surface area contributed by atoms with Crippen LogP contribution in [0.5, 0.6) is 0 Å². The Bertz CT molecular complexity index is 509. The van der Waals surface area contributed by atoms with Crippen molar-refractivity contribution in [2.75, 3.05) is 32.8 Å². The molecule has 1 aromatic carbocycles. The van der Waals surface area contributed by atoms with E-state index in [2.05, 4.69) is 10.2 Å². The van der Waals surface area contributed by atoms with Crippen LogP contribution >= 0.6 is 0 Å². The van der Waals surface area contributed by atoms with E-state index in [1.54, 1.807) is 0 Å². The fourth-order valence-electron chi connectivity index (χ4n) is 3.64. The predicted molar refractivity (Wildman–Crippen MR) is 92.5 cm³/mol. The molecule has 2 unspecified atom stereocenters. The van der Waals surface area contributed by atoms with E-state index in [0.717, 1.165) is 50.9 Å². The number of aliphatic hydroxyl groups excluding tert-OH is 1. The van der Waals surface area contributed by atoms with Crippen molar-refractivity contribution in [3.8, 4) is 0 Å². The first-order chi connectivity index (χ1) is 11.7. The number of rotatable bonds is 6. The first kappa shape index (κ1) is 17.4. The zero-order chi connectivity index (χ0) is 16.8. The highest BCUT2D eigenvalue weighted by Crippen LogP contribution is 2.30. The maximum Gasteiger partial charge on any atom is 0.234 e. The highest BCUT2D eigenvalue weighted by molar-refractivity contribution is 5.78. The Morgan fingerprint density at radius 2 is 2.00 bits per heavy atom. The molecule has 2 N–H and O–H groups in total. The Morgan fingerprint density at radius 3 is 2.67 bits per heavy atom. The molecule has 0 radical (unpaired) electrons. The van der Waals surface area contributed by atoms with Crippen molar-refractivity contribution >= 4 is 5.91 Å². The summed E-state index contributed by atoms with van der Waals surface area (Å²) in [4.78, 5) is 14.2. The average Bonchev–Trinajstić information content (AvgIpc) is 3.14. The molecule has 3 rings (SSSR count). The van der Waals surface area contributed by atoms with Crippen molar-refractivity contribution in [2.24, 2.45) is 5.92 Å². The Balaban J connectivity index is 1.37. The molecular formula is C19H28N2O3. The van der Waals surface area contributed by atoms with Gasteiger partial charge in [0.2, 0.25) is 5.91 Å². The normalized spacial score (nSPS) is 24.0. The summed E-state index contributed by atoms with van der Waals surface area (Å²) in [7, 11) is 0. The molecule has 2 aliphatic rings. The minimum absolute atomic E-state index is 0.0764. The number of benzene rings is 1. The molecule has 132 valence electrons. The number of likely N-dealkylation sites (tertiary alicyclic amines) is 1. The van der Waals surface area contributed by atoms with Crippen molar-refractivity contribution in [2.45, 2.75) is 37.9 Å². The Morgan fingerprint density at radius 1 is 1.25 bits per heavy atom. The minimum Gasteiger partial charge on any atom is -0.388 e. The zero-order valence-corrected chi connectivity index (χ0v) is 14.2. The van der Waals surface area contributed by atoms with E-state index < -0.39 is 6.10 Å². The Labute approximate surface area is 144 Å². The van der Waals surface area contributed by atoms with Crippen LogP contribution in [0.3, 0.4) is 0 Å². The third-order valence-corrected chi connectivity index (χ3v) is 5.14. The molecule has 5 nitrogen and oxygen atoms in total. The van der Waals surface area contributed by atoms with E-state index in [1.807, 2.05) is 30.3 Å². The summed E-state index contributed by atoms with van der Waals surface area (Å²) in [6.45, 7) is 3.62. The van der Waals surface area contributed by atoms with Gasteiger partial charge in [0.25, 0.3) is 0 Å². The topological polar surface area (TPSA) is 61.8 Å². The molecule has 0 saturated carbocycles. The molecule has 2 fully saturated rings. The van der Waals surface area contributed by atoms with Gasteiger partial charge in [-0.1, -0.05) is 30.3 Å². The SMILES string of the molecule is O=C(CN1CCC(C(O)c2ccccc2)CC1)NCC1CCCO1. The fourth-order valence-corrected chi connectivity index (χ4v) is 3.64. The third-order valence-electron chi connectivity index (χ3n) is 5.14. The molecule has 2 heterocycles. The molecule has 2 aliphatic heterocycles. The van der Waals surface area contributed by atoms with Gasteiger partial charge < -0.3 is 15.2 Å². The number of carbonyl (C=O) groups excluding carboxylic acids is 1. The van der Waals surface area contributed by atoms with Crippen LogP contribution in [-0.2, 0) is 9.53 Å². The molecule has 1 aromatic rings. The molecule has 0 bridgehead atoms. The number of hydrogen-bond acceptors (Lipinski definition) is 4. The van der Waals surface area contributed by atoms with Gasteiger partial charge in [-0.3, -0.25) is 9.69 Å². The maximum atomic E-state index is 12.0. The van der Waals surface area contributed by atoms with Gasteiger partial charge >= 0.3 is 0 Å². The Kier molecular flexibility index (Phi) is 6.24. The molecule has 0 aliphatic carbocycles. The molecule has 0 spiro atoms. The quantitative estimate of drug-likeness (QED) is 0.833. The first-order valence-corrected chi connectivity index (χ1v) is 9.06. The molecule has 2 saturated heterocycles. The maximum absolute atomic E-state index is 12.0. The van der Waals surface area contributed by atoms with Crippen LogP contribution in [0.1, 0.15) is 37.4 Å². The number of nitrogens with one attached hydrogen (secondary N) is 1.